The maximum atomic E-state index is 12.7. The zero-order valence-corrected chi connectivity index (χ0v) is 34.8. The molecule has 0 saturated heterocycles. The van der Waals surface area contributed by atoms with Gasteiger partial charge in [0.2, 0.25) is 5.91 Å². The monoisotopic (exact) mass is 734 g/mol. The second kappa shape index (κ2) is 34.3. The van der Waals surface area contributed by atoms with E-state index in [1.807, 2.05) is 21.1 Å². The summed E-state index contributed by atoms with van der Waals surface area (Å²) in [5.41, 5.74) is 0. The molecule has 3 N–H and O–H groups in total. The molecule has 0 heterocycles. The number of aliphatic hydroxyl groups is 1. The molecule has 0 aromatic heterocycles. The first kappa shape index (κ1) is 49.5. The van der Waals surface area contributed by atoms with Gasteiger partial charge in [0.1, 0.15) is 13.2 Å². The van der Waals surface area contributed by atoms with Crippen LogP contribution >= 0.6 is 7.82 Å². The van der Waals surface area contributed by atoms with Crippen molar-refractivity contribution in [1.82, 2.24) is 5.32 Å². The number of phosphoric acid groups is 1. The highest BCUT2D eigenvalue weighted by molar-refractivity contribution is 7.47. The minimum atomic E-state index is -4.28. The van der Waals surface area contributed by atoms with Gasteiger partial charge >= 0.3 is 7.82 Å². The van der Waals surface area contributed by atoms with Crippen molar-refractivity contribution in [3.05, 3.63) is 0 Å². The third kappa shape index (κ3) is 35.9. The molecule has 8 nitrogen and oxygen atoms in total. The Balaban J connectivity index is 3.81. The van der Waals surface area contributed by atoms with Gasteiger partial charge < -0.3 is 19.8 Å². The van der Waals surface area contributed by atoms with Crippen LogP contribution in [-0.2, 0) is 18.4 Å². The van der Waals surface area contributed by atoms with Crippen LogP contribution in [0.4, 0.5) is 0 Å². The number of unbranched alkanes of at least 4 members (excludes halogenated alkanes) is 26. The summed E-state index contributed by atoms with van der Waals surface area (Å²) in [5.74, 6) is -0.152. The largest absolute Gasteiger partial charge is 0.472 e. The number of quaternary nitrogens is 1. The molecule has 0 fully saturated rings. The molecule has 0 saturated carbocycles. The summed E-state index contributed by atoms with van der Waals surface area (Å²) in [7, 11) is 1.62. The van der Waals surface area contributed by atoms with Gasteiger partial charge in [-0.2, -0.15) is 0 Å². The van der Waals surface area contributed by atoms with Crippen LogP contribution in [0.3, 0.4) is 0 Å². The van der Waals surface area contributed by atoms with Gasteiger partial charge in [-0.25, -0.2) is 4.57 Å². The molecule has 0 aliphatic carbocycles. The molecule has 300 valence electrons. The van der Waals surface area contributed by atoms with E-state index in [-0.39, 0.29) is 19.1 Å². The number of carbonyl (C=O) groups excluding carboxylic acids is 1. The van der Waals surface area contributed by atoms with Crippen LogP contribution in [0, 0.1) is 0 Å². The van der Waals surface area contributed by atoms with Gasteiger partial charge in [0.05, 0.1) is 39.9 Å². The summed E-state index contributed by atoms with van der Waals surface area (Å²) >= 11 is 0. The molecule has 0 aliphatic rings. The molecule has 3 unspecified atom stereocenters. The number of hydrogen-bond donors (Lipinski definition) is 3. The molecule has 0 aromatic rings. The average Bonchev–Trinajstić information content (AvgIpc) is 3.06. The molecule has 1 amide bonds. The van der Waals surface area contributed by atoms with E-state index >= 15 is 0 Å². The van der Waals surface area contributed by atoms with E-state index in [9.17, 15) is 19.4 Å². The Bertz CT molecular complexity index is 794. The van der Waals surface area contributed by atoms with E-state index in [0.29, 0.717) is 23.9 Å². The van der Waals surface area contributed by atoms with Crippen LogP contribution in [0.5, 0.6) is 0 Å². The number of aliphatic hydroxyl groups excluding tert-OH is 1. The third-order valence-corrected chi connectivity index (χ3v) is 10.8. The quantitative estimate of drug-likeness (QED) is 0.0330. The molecular weight excluding hydrogens is 647 g/mol. The molecule has 0 spiro atoms. The maximum absolute atomic E-state index is 12.7. The summed E-state index contributed by atoms with van der Waals surface area (Å²) in [4.78, 5) is 22.8. The van der Waals surface area contributed by atoms with Crippen LogP contribution < -0.4 is 5.32 Å². The predicted octanol–water partition coefficient (Wildman–Crippen LogP) is 11.4. The van der Waals surface area contributed by atoms with Crippen LogP contribution in [0.25, 0.3) is 0 Å². The van der Waals surface area contributed by atoms with E-state index in [2.05, 4.69) is 19.2 Å². The number of carbonyl (C=O) groups is 1. The van der Waals surface area contributed by atoms with Crippen LogP contribution in [0.2, 0.25) is 0 Å². The average molecular weight is 734 g/mol. The predicted molar refractivity (Wildman–Crippen MR) is 212 cm³/mol. The summed E-state index contributed by atoms with van der Waals surface area (Å²) < 4.78 is 23.3. The molecule has 3 atom stereocenters. The van der Waals surface area contributed by atoms with Crippen molar-refractivity contribution < 1.29 is 32.9 Å². The second-order valence-electron chi connectivity index (χ2n) is 16.1. The molecule has 0 aliphatic heterocycles. The fraction of sp³-hybridized carbons (Fsp3) is 0.976. The number of hydrogen-bond acceptors (Lipinski definition) is 5. The van der Waals surface area contributed by atoms with Crippen molar-refractivity contribution in [3.63, 3.8) is 0 Å². The van der Waals surface area contributed by atoms with Gasteiger partial charge in [-0.05, 0) is 12.8 Å². The van der Waals surface area contributed by atoms with Crippen LogP contribution in [0.1, 0.15) is 206 Å². The van der Waals surface area contributed by atoms with E-state index in [1.165, 1.54) is 141 Å². The fourth-order valence-corrected chi connectivity index (χ4v) is 7.13. The zero-order valence-electron chi connectivity index (χ0n) is 33.9. The number of nitrogens with zero attached hydrogens (tertiary/aromatic N) is 1. The highest BCUT2D eigenvalue weighted by atomic mass is 31.2. The van der Waals surface area contributed by atoms with E-state index in [1.54, 1.807) is 0 Å². The normalized spacial score (nSPS) is 14.5. The van der Waals surface area contributed by atoms with Gasteiger partial charge in [-0.3, -0.25) is 13.8 Å². The summed E-state index contributed by atoms with van der Waals surface area (Å²) in [6.07, 6.45) is 36.5. The third-order valence-electron chi connectivity index (χ3n) is 9.86. The molecule has 9 heteroatoms. The lowest BCUT2D eigenvalue weighted by molar-refractivity contribution is -0.870. The highest BCUT2D eigenvalue weighted by Gasteiger charge is 2.28. The lowest BCUT2D eigenvalue weighted by atomic mass is 10.0. The second-order valence-corrected chi connectivity index (χ2v) is 17.5. The molecular formula is C41H86N2O6P+. The van der Waals surface area contributed by atoms with Crippen molar-refractivity contribution in [2.24, 2.45) is 0 Å². The summed E-state index contributed by atoms with van der Waals surface area (Å²) in [5, 5.41) is 13.6. The first-order valence-corrected chi connectivity index (χ1v) is 22.9. The number of likely N-dealkylation sites (N-methyl/N-ethyl adjacent to an activating group) is 1. The molecule has 0 rings (SSSR count). The number of amides is 1. The SMILES string of the molecule is CCCCCCCCCCCCCCCCCCCCCCCCCCCC(=O)NC(COP(=O)(O)OCC[N+](C)(C)C)C(O)CCCCC. The standard InChI is InChI=1S/C41H85N2O6P/c1-6-8-10-11-12-13-14-15-16-17-18-19-20-21-22-23-24-25-26-27-28-29-30-31-33-35-41(45)42-39(40(44)34-32-9-7-2)38-49-50(46,47)48-37-36-43(3,4)5/h39-40,44H,6-38H2,1-5H3,(H-,42,45,46,47)/p+1. The summed E-state index contributed by atoms with van der Waals surface area (Å²) in [6.45, 7) is 4.74. The topological polar surface area (TPSA) is 105 Å². The minimum Gasteiger partial charge on any atom is -0.391 e. The van der Waals surface area contributed by atoms with E-state index in [4.69, 9.17) is 9.05 Å². The molecule has 0 bridgehead atoms. The first-order chi connectivity index (χ1) is 24.0. The van der Waals surface area contributed by atoms with Crippen molar-refractivity contribution >= 4 is 13.7 Å². The highest BCUT2D eigenvalue weighted by Crippen LogP contribution is 2.43. The van der Waals surface area contributed by atoms with Crippen LogP contribution in [-0.4, -0.2) is 73.4 Å². The Morgan fingerprint density at radius 2 is 0.960 bits per heavy atom. The van der Waals surface area contributed by atoms with Crippen molar-refractivity contribution in [2.75, 3.05) is 40.9 Å². The summed E-state index contributed by atoms with van der Waals surface area (Å²) in [6, 6.07) is -0.749. The molecule has 0 radical (unpaired) electrons. The Labute approximate surface area is 310 Å². The van der Waals surface area contributed by atoms with Crippen molar-refractivity contribution in [3.8, 4) is 0 Å². The minimum absolute atomic E-state index is 0.0763. The Hall–Kier alpha value is -0.500. The maximum Gasteiger partial charge on any atom is 0.472 e. The first-order valence-electron chi connectivity index (χ1n) is 21.4. The Morgan fingerprint density at radius 1 is 0.600 bits per heavy atom. The van der Waals surface area contributed by atoms with Gasteiger partial charge in [0.15, 0.2) is 0 Å². The Kier molecular flexibility index (Phi) is 33.9. The lowest BCUT2D eigenvalue weighted by Crippen LogP contribution is -2.46. The molecule has 0 aromatic carbocycles. The fourth-order valence-electron chi connectivity index (χ4n) is 6.40. The van der Waals surface area contributed by atoms with Gasteiger partial charge in [0.25, 0.3) is 0 Å². The van der Waals surface area contributed by atoms with Crippen LogP contribution in [0.15, 0.2) is 0 Å². The smallest absolute Gasteiger partial charge is 0.391 e. The van der Waals surface area contributed by atoms with E-state index < -0.39 is 20.0 Å². The van der Waals surface area contributed by atoms with Gasteiger partial charge in [0, 0.05) is 6.42 Å². The lowest BCUT2D eigenvalue weighted by Gasteiger charge is -2.26. The van der Waals surface area contributed by atoms with Crippen molar-refractivity contribution in [2.45, 2.75) is 219 Å². The Morgan fingerprint density at radius 3 is 1.34 bits per heavy atom. The van der Waals surface area contributed by atoms with Crippen molar-refractivity contribution in [1.29, 1.82) is 0 Å². The van der Waals surface area contributed by atoms with Gasteiger partial charge in [-0.1, -0.05) is 187 Å². The molecule has 50 heavy (non-hydrogen) atoms. The van der Waals surface area contributed by atoms with Gasteiger partial charge in [-0.15, -0.1) is 0 Å². The number of nitrogens with one attached hydrogen (secondary N) is 1. The zero-order chi connectivity index (χ0) is 37.2. The number of rotatable bonds is 39. The number of phosphoric ester groups is 1. The van der Waals surface area contributed by atoms with E-state index in [0.717, 1.165) is 38.5 Å².